The molecule has 0 unspecified atom stereocenters. The molecular formula is C20H20N4O3S2. The SMILES string of the molecule is O=C(Nc1nc(-c2ccccc2)cs1)N1CCN(S(=O)(=O)c2ccccc2)CC1. The van der Waals surface area contributed by atoms with Gasteiger partial charge < -0.3 is 4.90 Å². The smallest absolute Gasteiger partial charge is 0.322 e. The maximum absolute atomic E-state index is 12.7. The third kappa shape index (κ3) is 4.31. The van der Waals surface area contributed by atoms with Crippen LogP contribution < -0.4 is 5.32 Å². The van der Waals surface area contributed by atoms with Crippen LogP contribution in [-0.4, -0.2) is 54.8 Å². The van der Waals surface area contributed by atoms with E-state index in [2.05, 4.69) is 10.3 Å². The number of piperazine rings is 1. The summed E-state index contributed by atoms with van der Waals surface area (Å²) in [5, 5.41) is 5.23. The molecule has 1 aromatic heterocycles. The van der Waals surface area contributed by atoms with Crippen LogP contribution in [-0.2, 0) is 10.0 Å². The Bertz CT molecular complexity index is 1080. The van der Waals surface area contributed by atoms with Crippen molar-refractivity contribution < 1.29 is 13.2 Å². The lowest BCUT2D eigenvalue weighted by Gasteiger charge is -2.33. The zero-order valence-electron chi connectivity index (χ0n) is 15.6. The summed E-state index contributed by atoms with van der Waals surface area (Å²) in [5.74, 6) is 0. The van der Waals surface area contributed by atoms with Crippen molar-refractivity contribution in [3.63, 3.8) is 0 Å². The first-order valence-electron chi connectivity index (χ1n) is 9.16. The predicted molar refractivity (Wildman–Crippen MR) is 113 cm³/mol. The predicted octanol–water partition coefficient (Wildman–Crippen LogP) is 3.35. The Labute approximate surface area is 173 Å². The van der Waals surface area contributed by atoms with Gasteiger partial charge in [-0.1, -0.05) is 48.5 Å². The molecule has 1 saturated heterocycles. The minimum Gasteiger partial charge on any atom is -0.322 e. The van der Waals surface area contributed by atoms with Crippen molar-refractivity contribution in [2.45, 2.75) is 4.90 Å². The highest BCUT2D eigenvalue weighted by molar-refractivity contribution is 7.89. The van der Waals surface area contributed by atoms with Gasteiger partial charge in [0.05, 0.1) is 10.6 Å². The van der Waals surface area contributed by atoms with Crippen molar-refractivity contribution >= 4 is 32.5 Å². The summed E-state index contributed by atoms with van der Waals surface area (Å²) in [4.78, 5) is 18.9. The number of rotatable bonds is 4. The second-order valence-corrected chi connectivity index (χ2v) is 9.33. The molecule has 150 valence electrons. The van der Waals surface area contributed by atoms with Gasteiger partial charge in [0.15, 0.2) is 5.13 Å². The Morgan fingerprint density at radius 1 is 0.931 bits per heavy atom. The van der Waals surface area contributed by atoms with Gasteiger partial charge in [-0.3, -0.25) is 5.32 Å². The van der Waals surface area contributed by atoms with Gasteiger partial charge in [0.2, 0.25) is 10.0 Å². The van der Waals surface area contributed by atoms with E-state index in [1.807, 2.05) is 35.7 Å². The number of amides is 2. The first-order chi connectivity index (χ1) is 14.0. The molecule has 0 aliphatic carbocycles. The minimum atomic E-state index is -3.53. The molecule has 1 fully saturated rings. The molecule has 0 saturated carbocycles. The van der Waals surface area contributed by atoms with Crippen molar-refractivity contribution in [1.82, 2.24) is 14.2 Å². The highest BCUT2D eigenvalue weighted by Gasteiger charge is 2.30. The molecule has 9 heteroatoms. The van der Waals surface area contributed by atoms with E-state index in [1.54, 1.807) is 35.2 Å². The molecule has 2 aromatic carbocycles. The van der Waals surface area contributed by atoms with Gasteiger partial charge in [-0.15, -0.1) is 11.3 Å². The number of carbonyl (C=O) groups excluding carboxylic acids is 1. The van der Waals surface area contributed by atoms with Crippen LogP contribution in [0.25, 0.3) is 11.3 Å². The molecule has 2 amide bonds. The summed E-state index contributed by atoms with van der Waals surface area (Å²) in [6.45, 7) is 1.18. The number of urea groups is 1. The van der Waals surface area contributed by atoms with Gasteiger partial charge in [0, 0.05) is 37.1 Å². The average Bonchev–Trinajstić information content (AvgIpc) is 3.23. The van der Waals surface area contributed by atoms with E-state index in [0.29, 0.717) is 18.2 Å². The van der Waals surface area contributed by atoms with E-state index in [9.17, 15) is 13.2 Å². The van der Waals surface area contributed by atoms with Gasteiger partial charge in [0.1, 0.15) is 0 Å². The van der Waals surface area contributed by atoms with Gasteiger partial charge in [0.25, 0.3) is 0 Å². The summed E-state index contributed by atoms with van der Waals surface area (Å²) in [5.41, 5.74) is 1.80. The number of hydrogen-bond acceptors (Lipinski definition) is 5. The number of benzene rings is 2. The number of sulfonamides is 1. The second kappa shape index (κ2) is 8.32. The lowest BCUT2D eigenvalue weighted by molar-refractivity contribution is 0.184. The quantitative estimate of drug-likeness (QED) is 0.691. The monoisotopic (exact) mass is 428 g/mol. The third-order valence-electron chi connectivity index (χ3n) is 4.69. The Hall–Kier alpha value is -2.75. The first kappa shape index (κ1) is 19.6. The van der Waals surface area contributed by atoms with E-state index in [4.69, 9.17) is 0 Å². The minimum absolute atomic E-state index is 0.262. The summed E-state index contributed by atoms with van der Waals surface area (Å²) >= 11 is 1.36. The summed E-state index contributed by atoms with van der Waals surface area (Å²) in [6.07, 6.45) is 0. The highest BCUT2D eigenvalue weighted by atomic mass is 32.2. The van der Waals surface area contributed by atoms with Crippen LogP contribution in [0.4, 0.5) is 9.93 Å². The average molecular weight is 429 g/mol. The van der Waals surface area contributed by atoms with E-state index in [-0.39, 0.29) is 24.0 Å². The standard InChI is InChI=1S/C20H20N4O3S2/c25-20(22-19-21-18(15-28-19)16-7-3-1-4-8-16)23-11-13-24(14-12-23)29(26,27)17-9-5-2-6-10-17/h1-10,15H,11-14H2,(H,21,22,25). The van der Waals surface area contributed by atoms with Crippen LogP contribution in [0.3, 0.4) is 0 Å². The molecule has 1 N–H and O–H groups in total. The zero-order chi connectivity index (χ0) is 20.3. The fraction of sp³-hybridized carbons (Fsp3) is 0.200. The van der Waals surface area contributed by atoms with Crippen LogP contribution in [0.5, 0.6) is 0 Å². The van der Waals surface area contributed by atoms with Crippen molar-refractivity contribution in [2.24, 2.45) is 0 Å². The number of thiazole rings is 1. The second-order valence-electron chi connectivity index (χ2n) is 6.54. The Morgan fingerprint density at radius 3 is 2.21 bits per heavy atom. The van der Waals surface area contributed by atoms with E-state index < -0.39 is 10.0 Å². The molecule has 0 spiro atoms. The lowest BCUT2D eigenvalue weighted by Crippen LogP contribution is -2.51. The van der Waals surface area contributed by atoms with Crippen LogP contribution >= 0.6 is 11.3 Å². The number of carbonyl (C=O) groups is 1. The Morgan fingerprint density at radius 2 is 1.55 bits per heavy atom. The number of nitrogens with zero attached hydrogens (tertiary/aromatic N) is 3. The molecule has 1 aliphatic rings. The number of hydrogen-bond donors (Lipinski definition) is 1. The molecule has 0 bridgehead atoms. The molecule has 0 radical (unpaired) electrons. The van der Waals surface area contributed by atoms with Crippen molar-refractivity contribution in [3.05, 3.63) is 66.0 Å². The normalized spacial score (nSPS) is 15.2. The van der Waals surface area contributed by atoms with E-state index in [0.717, 1.165) is 11.3 Å². The fourth-order valence-corrected chi connectivity index (χ4v) is 5.27. The molecule has 0 atom stereocenters. The van der Waals surface area contributed by atoms with Crippen LogP contribution in [0.1, 0.15) is 0 Å². The lowest BCUT2D eigenvalue weighted by atomic mass is 10.2. The molecule has 7 nitrogen and oxygen atoms in total. The van der Waals surface area contributed by atoms with Gasteiger partial charge in [-0.05, 0) is 12.1 Å². The molecule has 3 aromatic rings. The first-order valence-corrected chi connectivity index (χ1v) is 11.5. The number of anilines is 1. The summed E-state index contributed by atoms with van der Waals surface area (Å²) in [7, 11) is -3.53. The largest absolute Gasteiger partial charge is 0.323 e. The van der Waals surface area contributed by atoms with Crippen molar-refractivity contribution in [3.8, 4) is 11.3 Å². The van der Waals surface area contributed by atoms with Crippen molar-refractivity contribution in [2.75, 3.05) is 31.5 Å². The number of nitrogens with one attached hydrogen (secondary N) is 1. The molecule has 4 rings (SSSR count). The van der Waals surface area contributed by atoms with Gasteiger partial charge >= 0.3 is 6.03 Å². The summed E-state index contributed by atoms with van der Waals surface area (Å²) in [6, 6.07) is 17.8. The molecule has 29 heavy (non-hydrogen) atoms. The van der Waals surface area contributed by atoms with Gasteiger partial charge in [-0.25, -0.2) is 18.2 Å². The molecule has 1 aliphatic heterocycles. The molecular weight excluding hydrogens is 408 g/mol. The van der Waals surface area contributed by atoms with Crippen molar-refractivity contribution in [1.29, 1.82) is 0 Å². The van der Waals surface area contributed by atoms with E-state index in [1.165, 1.54) is 15.6 Å². The maximum Gasteiger partial charge on any atom is 0.323 e. The van der Waals surface area contributed by atoms with Crippen LogP contribution in [0.2, 0.25) is 0 Å². The zero-order valence-corrected chi connectivity index (χ0v) is 17.2. The van der Waals surface area contributed by atoms with Crippen LogP contribution in [0, 0.1) is 0 Å². The third-order valence-corrected chi connectivity index (χ3v) is 7.37. The summed E-state index contributed by atoms with van der Waals surface area (Å²) < 4.78 is 26.8. The van der Waals surface area contributed by atoms with Crippen LogP contribution in [0.15, 0.2) is 70.9 Å². The van der Waals surface area contributed by atoms with E-state index >= 15 is 0 Å². The number of aromatic nitrogens is 1. The molecule has 2 heterocycles. The Kier molecular flexibility index (Phi) is 5.61. The Balaban J connectivity index is 1.36. The fourth-order valence-electron chi connectivity index (χ4n) is 3.12. The topological polar surface area (TPSA) is 82.6 Å². The van der Waals surface area contributed by atoms with Gasteiger partial charge in [-0.2, -0.15) is 4.31 Å². The maximum atomic E-state index is 12.7. The highest BCUT2D eigenvalue weighted by Crippen LogP contribution is 2.25.